The van der Waals surface area contributed by atoms with E-state index in [1.807, 2.05) is 17.0 Å². The van der Waals surface area contributed by atoms with Gasteiger partial charge < -0.3 is 9.64 Å². The standard InChI is InChI=1S/C20H21NO3/c1-14(22)17-8-5-9-19(12-17)24-15(2)20(23)21-11-10-16-6-3-4-7-18(16)13-21/h3-9,12,15H,10-11,13H2,1-2H3. The third-order valence-corrected chi connectivity index (χ3v) is 4.34. The van der Waals surface area contributed by atoms with Crippen molar-refractivity contribution in [3.05, 3.63) is 65.2 Å². The van der Waals surface area contributed by atoms with Crippen molar-refractivity contribution in [3.8, 4) is 5.75 Å². The van der Waals surface area contributed by atoms with E-state index in [1.165, 1.54) is 18.1 Å². The first-order valence-electron chi connectivity index (χ1n) is 8.18. The van der Waals surface area contributed by atoms with Gasteiger partial charge >= 0.3 is 0 Å². The van der Waals surface area contributed by atoms with Crippen LogP contribution in [0.1, 0.15) is 35.3 Å². The summed E-state index contributed by atoms with van der Waals surface area (Å²) in [6.07, 6.45) is 0.284. The molecule has 3 rings (SSSR count). The number of hydrogen-bond donors (Lipinski definition) is 0. The van der Waals surface area contributed by atoms with Gasteiger partial charge in [-0.15, -0.1) is 0 Å². The molecule has 0 aliphatic carbocycles. The Kier molecular flexibility index (Phi) is 4.65. The van der Waals surface area contributed by atoms with Crippen molar-refractivity contribution in [1.82, 2.24) is 4.90 Å². The lowest BCUT2D eigenvalue weighted by Crippen LogP contribution is -2.43. The molecule has 1 aliphatic heterocycles. The number of ketones is 1. The molecule has 0 N–H and O–H groups in total. The lowest BCUT2D eigenvalue weighted by atomic mass is 9.99. The van der Waals surface area contributed by atoms with Crippen LogP contribution < -0.4 is 4.74 Å². The molecule has 1 atom stereocenters. The number of carbonyl (C=O) groups excluding carboxylic acids is 2. The van der Waals surface area contributed by atoms with Crippen LogP contribution in [0.25, 0.3) is 0 Å². The number of ether oxygens (including phenoxy) is 1. The Morgan fingerprint density at radius 1 is 1.08 bits per heavy atom. The topological polar surface area (TPSA) is 46.6 Å². The van der Waals surface area contributed by atoms with E-state index in [4.69, 9.17) is 4.74 Å². The molecule has 24 heavy (non-hydrogen) atoms. The molecule has 2 aromatic rings. The molecule has 0 bridgehead atoms. The van der Waals surface area contributed by atoms with Crippen LogP contribution in [0.5, 0.6) is 5.75 Å². The fraction of sp³-hybridized carbons (Fsp3) is 0.300. The third-order valence-electron chi connectivity index (χ3n) is 4.34. The van der Waals surface area contributed by atoms with Gasteiger partial charge in [-0.2, -0.15) is 0 Å². The Morgan fingerprint density at radius 2 is 1.83 bits per heavy atom. The highest BCUT2D eigenvalue weighted by Gasteiger charge is 2.25. The van der Waals surface area contributed by atoms with Crippen molar-refractivity contribution in [1.29, 1.82) is 0 Å². The van der Waals surface area contributed by atoms with Crippen molar-refractivity contribution in [2.24, 2.45) is 0 Å². The minimum Gasteiger partial charge on any atom is -0.481 e. The summed E-state index contributed by atoms with van der Waals surface area (Å²) in [5.41, 5.74) is 3.09. The van der Waals surface area contributed by atoms with Gasteiger partial charge in [-0.1, -0.05) is 36.4 Å². The number of amides is 1. The summed E-state index contributed by atoms with van der Waals surface area (Å²) in [7, 11) is 0. The van der Waals surface area contributed by atoms with E-state index in [9.17, 15) is 9.59 Å². The minimum atomic E-state index is -0.586. The van der Waals surface area contributed by atoms with Gasteiger partial charge in [0.15, 0.2) is 11.9 Å². The molecule has 0 saturated carbocycles. The van der Waals surface area contributed by atoms with E-state index >= 15 is 0 Å². The molecule has 4 nitrogen and oxygen atoms in total. The molecular weight excluding hydrogens is 302 g/mol. The molecule has 0 fully saturated rings. The summed E-state index contributed by atoms with van der Waals surface area (Å²) in [4.78, 5) is 26.0. The van der Waals surface area contributed by atoms with Gasteiger partial charge in [0, 0.05) is 18.7 Å². The number of rotatable bonds is 4. The number of fused-ring (bicyclic) bond motifs is 1. The lowest BCUT2D eigenvalue weighted by Gasteiger charge is -2.31. The van der Waals surface area contributed by atoms with Gasteiger partial charge in [0.1, 0.15) is 5.75 Å². The number of benzene rings is 2. The zero-order valence-corrected chi connectivity index (χ0v) is 14.0. The van der Waals surface area contributed by atoms with Crippen molar-refractivity contribution >= 4 is 11.7 Å². The smallest absolute Gasteiger partial charge is 0.263 e. The highest BCUT2D eigenvalue weighted by molar-refractivity contribution is 5.94. The number of Topliss-reactive ketones (excluding diaryl/α,β-unsaturated/α-hetero) is 1. The average Bonchev–Trinajstić information content (AvgIpc) is 2.60. The molecule has 1 amide bonds. The summed E-state index contributed by atoms with van der Waals surface area (Å²) < 4.78 is 5.76. The first kappa shape index (κ1) is 16.2. The number of nitrogens with zero attached hydrogens (tertiary/aromatic N) is 1. The normalized spacial score (nSPS) is 14.7. The van der Waals surface area contributed by atoms with E-state index in [-0.39, 0.29) is 11.7 Å². The molecule has 2 aromatic carbocycles. The Morgan fingerprint density at radius 3 is 2.58 bits per heavy atom. The fourth-order valence-corrected chi connectivity index (χ4v) is 2.98. The molecule has 1 heterocycles. The van der Waals surface area contributed by atoms with E-state index in [2.05, 4.69) is 12.1 Å². The molecule has 0 spiro atoms. The van der Waals surface area contributed by atoms with E-state index in [0.717, 1.165) is 6.42 Å². The fourth-order valence-electron chi connectivity index (χ4n) is 2.98. The monoisotopic (exact) mass is 323 g/mol. The first-order chi connectivity index (χ1) is 11.5. The third kappa shape index (κ3) is 3.48. The minimum absolute atomic E-state index is 0.0212. The predicted molar refractivity (Wildman–Crippen MR) is 92.1 cm³/mol. The Hall–Kier alpha value is -2.62. The second-order valence-corrected chi connectivity index (χ2v) is 6.12. The quantitative estimate of drug-likeness (QED) is 0.812. The van der Waals surface area contributed by atoms with Crippen LogP contribution in [0, 0.1) is 0 Å². The van der Waals surface area contributed by atoms with Gasteiger partial charge in [0.25, 0.3) is 5.91 Å². The second-order valence-electron chi connectivity index (χ2n) is 6.12. The maximum Gasteiger partial charge on any atom is 0.263 e. The first-order valence-corrected chi connectivity index (χ1v) is 8.18. The van der Waals surface area contributed by atoms with E-state index in [0.29, 0.717) is 24.4 Å². The van der Waals surface area contributed by atoms with Gasteiger partial charge in [0.05, 0.1) is 0 Å². The summed E-state index contributed by atoms with van der Waals surface area (Å²) in [5.74, 6) is 0.491. The number of carbonyl (C=O) groups is 2. The summed E-state index contributed by atoms with van der Waals surface area (Å²) in [6.45, 7) is 4.59. The van der Waals surface area contributed by atoms with Crippen molar-refractivity contribution < 1.29 is 14.3 Å². The zero-order valence-electron chi connectivity index (χ0n) is 14.0. The Labute approximate surface area is 142 Å². The SMILES string of the molecule is CC(=O)c1cccc(OC(C)C(=O)N2CCc3ccccc3C2)c1. The summed E-state index contributed by atoms with van der Waals surface area (Å²) >= 11 is 0. The highest BCUT2D eigenvalue weighted by Crippen LogP contribution is 2.21. The van der Waals surface area contributed by atoms with E-state index < -0.39 is 6.10 Å². The number of hydrogen-bond acceptors (Lipinski definition) is 3. The van der Waals surface area contributed by atoms with Gasteiger partial charge in [-0.3, -0.25) is 9.59 Å². The van der Waals surface area contributed by atoms with Crippen LogP contribution in [0.15, 0.2) is 48.5 Å². The molecule has 0 aromatic heterocycles. The molecular formula is C20H21NO3. The Bertz CT molecular complexity index is 769. The lowest BCUT2D eigenvalue weighted by molar-refractivity contribution is -0.138. The maximum atomic E-state index is 12.7. The van der Waals surface area contributed by atoms with Crippen LogP contribution in [0.4, 0.5) is 0 Å². The van der Waals surface area contributed by atoms with Crippen LogP contribution in [0.3, 0.4) is 0 Å². The molecule has 0 radical (unpaired) electrons. The molecule has 124 valence electrons. The van der Waals surface area contributed by atoms with E-state index in [1.54, 1.807) is 31.2 Å². The highest BCUT2D eigenvalue weighted by atomic mass is 16.5. The Balaban J connectivity index is 1.67. The van der Waals surface area contributed by atoms with Crippen molar-refractivity contribution in [3.63, 3.8) is 0 Å². The van der Waals surface area contributed by atoms with Crippen LogP contribution in [0.2, 0.25) is 0 Å². The maximum absolute atomic E-state index is 12.7. The van der Waals surface area contributed by atoms with Crippen LogP contribution in [-0.4, -0.2) is 29.2 Å². The summed E-state index contributed by atoms with van der Waals surface area (Å²) in [5, 5.41) is 0. The van der Waals surface area contributed by atoms with Crippen LogP contribution in [-0.2, 0) is 17.8 Å². The van der Waals surface area contributed by atoms with Crippen molar-refractivity contribution in [2.45, 2.75) is 32.9 Å². The van der Waals surface area contributed by atoms with Gasteiger partial charge in [-0.25, -0.2) is 0 Å². The molecule has 1 unspecified atom stereocenters. The largest absolute Gasteiger partial charge is 0.481 e. The van der Waals surface area contributed by atoms with Crippen LogP contribution >= 0.6 is 0 Å². The van der Waals surface area contributed by atoms with Gasteiger partial charge in [0.2, 0.25) is 0 Å². The zero-order chi connectivity index (χ0) is 17.1. The summed E-state index contributed by atoms with van der Waals surface area (Å²) in [6, 6.07) is 15.2. The second kappa shape index (κ2) is 6.87. The molecule has 1 aliphatic rings. The van der Waals surface area contributed by atoms with Gasteiger partial charge in [-0.05, 0) is 43.5 Å². The molecule has 0 saturated heterocycles. The van der Waals surface area contributed by atoms with Crippen molar-refractivity contribution in [2.75, 3.05) is 6.54 Å². The molecule has 4 heteroatoms. The predicted octanol–water partition coefficient (Wildman–Crippen LogP) is 3.24. The average molecular weight is 323 g/mol.